The summed E-state index contributed by atoms with van der Waals surface area (Å²) in [4.78, 5) is 27.6. The molecule has 3 aromatic carbocycles. The van der Waals surface area contributed by atoms with Crippen molar-refractivity contribution in [1.29, 1.82) is 0 Å². The molecule has 1 aromatic heterocycles. The Balaban J connectivity index is 1.58. The number of carbonyl (C=O) groups is 1. The van der Waals surface area contributed by atoms with E-state index in [0.717, 1.165) is 65.0 Å². The summed E-state index contributed by atoms with van der Waals surface area (Å²) >= 11 is 0. The first-order valence-corrected chi connectivity index (χ1v) is 17.5. The number of aromatic nitrogens is 1. The third-order valence-electron chi connectivity index (χ3n) is 9.96. The van der Waals surface area contributed by atoms with Crippen LogP contribution in [0.1, 0.15) is 74.1 Å². The van der Waals surface area contributed by atoms with Gasteiger partial charge in [-0.05, 0) is 60.1 Å². The van der Waals surface area contributed by atoms with Gasteiger partial charge in [-0.25, -0.2) is 13.2 Å². The van der Waals surface area contributed by atoms with Crippen LogP contribution in [-0.2, 0) is 21.2 Å². The quantitative estimate of drug-likeness (QED) is 0.243. The molecule has 45 heavy (non-hydrogen) atoms. The number of sulfonamides is 1. The molecule has 2 fully saturated rings. The van der Waals surface area contributed by atoms with Gasteiger partial charge in [0.15, 0.2) is 5.03 Å². The van der Waals surface area contributed by atoms with Crippen molar-refractivity contribution in [2.45, 2.75) is 87.9 Å². The third kappa shape index (κ3) is 5.25. The molecular formula is C36H39N3O5S. The number of nitrogens with zero attached hydrogens (tertiary/aromatic N) is 2. The van der Waals surface area contributed by atoms with E-state index in [4.69, 9.17) is 0 Å². The zero-order valence-corrected chi connectivity index (χ0v) is 26.4. The Morgan fingerprint density at radius 2 is 1.62 bits per heavy atom. The number of carboxylic acid groups (broad SMARTS) is 1. The summed E-state index contributed by atoms with van der Waals surface area (Å²) in [5.41, 5.74) is 3.31. The van der Waals surface area contributed by atoms with Crippen LogP contribution in [-0.4, -0.2) is 47.0 Å². The maximum atomic E-state index is 14.8. The normalized spacial score (nSPS) is 20.4. The Hall–Kier alpha value is -3.95. The first-order valence-electron chi connectivity index (χ1n) is 16.1. The molecular weight excluding hydrogens is 586 g/mol. The molecule has 0 radical (unpaired) electrons. The minimum atomic E-state index is -4.24. The van der Waals surface area contributed by atoms with Crippen molar-refractivity contribution in [3.63, 3.8) is 0 Å². The summed E-state index contributed by atoms with van der Waals surface area (Å²) in [6, 6.07) is 20.2. The molecule has 2 aliphatic carbocycles. The Labute approximate surface area is 263 Å². The minimum absolute atomic E-state index is 0.0476. The molecule has 0 saturated heterocycles. The zero-order chi connectivity index (χ0) is 31.3. The highest BCUT2D eigenvalue weighted by atomic mass is 32.2. The number of aliphatic carboxylic acids is 1. The second-order valence-electron chi connectivity index (χ2n) is 12.9. The van der Waals surface area contributed by atoms with E-state index >= 15 is 0 Å². The van der Waals surface area contributed by atoms with E-state index in [1.807, 2.05) is 73.7 Å². The third-order valence-corrected chi connectivity index (χ3v) is 11.9. The number of rotatable bonds is 7. The topological polar surface area (TPSA) is 109 Å². The van der Waals surface area contributed by atoms with Gasteiger partial charge in [-0.3, -0.25) is 9.36 Å². The van der Waals surface area contributed by atoms with Gasteiger partial charge in [0.05, 0.1) is 0 Å². The summed E-state index contributed by atoms with van der Waals surface area (Å²) in [6.07, 6.45) is 7.31. The van der Waals surface area contributed by atoms with Crippen molar-refractivity contribution in [3.05, 3.63) is 93.8 Å². The van der Waals surface area contributed by atoms with Crippen molar-refractivity contribution in [3.8, 4) is 11.1 Å². The van der Waals surface area contributed by atoms with Crippen LogP contribution in [0.2, 0.25) is 0 Å². The van der Waals surface area contributed by atoms with Crippen LogP contribution in [0.15, 0.2) is 76.6 Å². The molecule has 7 rings (SSSR count). The van der Waals surface area contributed by atoms with Crippen LogP contribution < -0.4 is 10.9 Å². The van der Waals surface area contributed by atoms with E-state index < -0.39 is 27.6 Å². The Kier molecular flexibility index (Phi) is 7.78. The summed E-state index contributed by atoms with van der Waals surface area (Å²) in [5.74, 6) is -1.21. The molecule has 1 aliphatic heterocycles. The van der Waals surface area contributed by atoms with Gasteiger partial charge in [0, 0.05) is 30.6 Å². The van der Waals surface area contributed by atoms with Crippen molar-refractivity contribution >= 4 is 32.5 Å². The average Bonchev–Trinajstić information content (AvgIpc) is 3.74. The molecule has 2 heterocycles. The van der Waals surface area contributed by atoms with E-state index in [1.165, 1.54) is 4.31 Å². The van der Waals surface area contributed by atoms with Crippen LogP contribution in [0.4, 0.5) is 5.69 Å². The molecule has 0 spiro atoms. The zero-order valence-electron chi connectivity index (χ0n) is 25.5. The Morgan fingerprint density at radius 1 is 0.933 bits per heavy atom. The molecule has 8 nitrogen and oxygen atoms in total. The van der Waals surface area contributed by atoms with E-state index in [9.17, 15) is 23.1 Å². The lowest BCUT2D eigenvalue weighted by Gasteiger charge is -2.38. The number of carboxylic acids is 1. The number of anilines is 1. The highest BCUT2D eigenvalue weighted by Gasteiger charge is 2.47. The summed E-state index contributed by atoms with van der Waals surface area (Å²) in [7, 11) is -4.24. The SMILES string of the molecule is Cc1cccc(-c2c(Cc3cccc4ccccc34)c(NC3CCCC3)c(=O)n3c2S(=O)(=O)N(C2CCCC2)CC3C(=O)O)c1. The van der Waals surface area contributed by atoms with Gasteiger partial charge in [-0.15, -0.1) is 0 Å². The molecule has 2 N–H and O–H groups in total. The molecule has 1 atom stereocenters. The van der Waals surface area contributed by atoms with Gasteiger partial charge >= 0.3 is 5.97 Å². The Bertz CT molecular complexity index is 1950. The van der Waals surface area contributed by atoms with Crippen molar-refractivity contribution in [1.82, 2.24) is 8.87 Å². The second kappa shape index (κ2) is 11.8. The first kappa shape index (κ1) is 29.7. The lowest BCUT2D eigenvalue weighted by molar-refractivity contribution is -0.141. The number of fused-ring (bicyclic) bond motifs is 2. The summed E-state index contributed by atoms with van der Waals surface area (Å²) < 4.78 is 32.1. The van der Waals surface area contributed by atoms with Gasteiger partial charge in [-0.1, -0.05) is 98.0 Å². The molecule has 1 unspecified atom stereocenters. The van der Waals surface area contributed by atoms with E-state index in [1.54, 1.807) is 0 Å². The van der Waals surface area contributed by atoms with Gasteiger partial charge < -0.3 is 10.4 Å². The monoisotopic (exact) mass is 625 g/mol. The van der Waals surface area contributed by atoms with Gasteiger partial charge in [0.2, 0.25) is 0 Å². The molecule has 4 aromatic rings. The number of pyridine rings is 1. The van der Waals surface area contributed by atoms with Gasteiger partial charge in [-0.2, -0.15) is 4.31 Å². The maximum absolute atomic E-state index is 14.8. The number of nitrogens with one attached hydrogen (secondary N) is 1. The van der Waals surface area contributed by atoms with Gasteiger partial charge in [0.25, 0.3) is 15.6 Å². The van der Waals surface area contributed by atoms with Crippen LogP contribution >= 0.6 is 0 Å². The number of benzene rings is 3. The standard InChI is InChI=1S/C36H39N3O5S/c1-23-10-8-14-26(20-23)32-30(21-25-13-9-12-24-11-2-7-19-29(24)25)33(37-27-15-3-4-16-27)34(40)39-31(36(41)42)22-38(28-17-5-6-18-28)45(43,44)35(32)39/h2,7-14,19-20,27-28,31,37H,3-6,15-18,21-22H2,1H3,(H,41,42). The second-order valence-corrected chi connectivity index (χ2v) is 14.7. The number of hydrogen-bond donors (Lipinski definition) is 2. The highest BCUT2D eigenvalue weighted by molar-refractivity contribution is 7.89. The average molecular weight is 626 g/mol. The first-order chi connectivity index (χ1) is 21.7. The molecule has 2 saturated carbocycles. The molecule has 0 amide bonds. The smallest absolute Gasteiger partial charge is 0.328 e. The van der Waals surface area contributed by atoms with E-state index in [2.05, 4.69) is 5.32 Å². The van der Waals surface area contributed by atoms with Gasteiger partial charge in [0.1, 0.15) is 11.7 Å². The molecule has 234 valence electrons. The van der Waals surface area contributed by atoms with Crippen LogP contribution in [0.25, 0.3) is 21.9 Å². The fourth-order valence-corrected chi connectivity index (χ4v) is 9.90. The molecule has 9 heteroatoms. The Morgan fingerprint density at radius 3 is 2.36 bits per heavy atom. The van der Waals surface area contributed by atoms with E-state index in [0.29, 0.717) is 41.6 Å². The number of hydrogen-bond acceptors (Lipinski definition) is 5. The van der Waals surface area contributed by atoms with Crippen LogP contribution in [0.5, 0.6) is 0 Å². The molecule has 0 bridgehead atoms. The summed E-state index contributed by atoms with van der Waals surface area (Å²) in [6.45, 7) is 1.69. The van der Waals surface area contributed by atoms with E-state index in [-0.39, 0.29) is 23.7 Å². The van der Waals surface area contributed by atoms with Crippen LogP contribution in [0, 0.1) is 6.92 Å². The maximum Gasteiger partial charge on any atom is 0.328 e. The van der Waals surface area contributed by atoms with Crippen molar-refractivity contribution in [2.75, 3.05) is 11.9 Å². The highest BCUT2D eigenvalue weighted by Crippen LogP contribution is 2.43. The lowest BCUT2D eigenvalue weighted by atomic mass is 9.91. The fraction of sp³-hybridized carbons (Fsp3) is 0.389. The fourth-order valence-electron chi connectivity index (χ4n) is 7.78. The largest absolute Gasteiger partial charge is 0.480 e. The van der Waals surface area contributed by atoms with Crippen molar-refractivity contribution in [2.24, 2.45) is 0 Å². The van der Waals surface area contributed by atoms with Crippen molar-refractivity contribution < 1.29 is 18.3 Å². The predicted octanol–water partition coefficient (Wildman–Crippen LogP) is 6.49. The van der Waals surface area contributed by atoms with Crippen LogP contribution in [0.3, 0.4) is 0 Å². The molecule has 3 aliphatic rings. The number of aryl methyl sites for hydroxylation is 1. The summed E-state index contributed by atoms with van der Waals surface area (Å²) in [5, 5.41) is 16.0. The predicted molar refractivity (Wildman–Crippen MR) is 176 cm³/mol. The minimum Gasteiger partial charge on any atom is -0.480 e. The lowest BCUT2D eigenvalue weighted by Crippen LogP contribution is -2.53.